The second-order valence-electron chi connectivity index (χ2n) is 5.49. The average molecular weight is 352 g/mol. The van der Waals surface area contributed by atoms with Gasteiger partial charge >= 0.3 is 6.18 Å². The molecular weight excluding hydrogens is 337 g/mol. The molecule has 1 atom stereocenters. The number of nitrogens with zero attached hydrogens (tertiary/aromatic N) is 6. The summed E-state index contributed by atoms with van der Waals surface area (Å²) >= 11 is 0. The summed E-state index contributed by atoms with van der Waals surface area (Å²) in [5.41, 5.74) is -0.541. The van der Waals surface area contributed by atoms with E-state index in [2.05, 4.69) is 25.6 Å². The Hall–Kier alpha value is -2.78. The summed E-state index contributed by atoms with van der Waals surface area (Å²) in [5, 5.41) is 15.7. The van der Waals surface area contributed by atoms with Crippen LogP contribution < -0.4 is 0 Å². The highest BCUT2D eigenvalue weighted by Gasteiger charge is 2.31. The molecule has 0 aliphatic rings. The molecule has 2 heterocycles. The van der Waals surface area contributed by atoms with Gasteiger partial charge in [0.15, 0.2) is 5.82 Å². The van der Waals surface area contributed by atoms with Crippen LogP contribution in [0.1, 0.15) is 43.6 Å². The van der Waals surface area contributed by atoms with E-state index in [0.717, 1.165) is 18.6 Å². The molecule has 0 amide bonds. The summed E-state index contributed by atoms with van der Waals surface area (Å²) in [5.74, 6) is 0.991. The molecule has 2 aromatic heterocycles. The van der Waals surface area contributed by atoms with E-state index in [9.17, 15) is 13.2 Å². The number of rotatable bonds is 5. The zero-order chi connectivity index (χ0) is 18.0. The number of aryl methyl sites for hydroxylation is 1. The molecule has 0 spiro atoms. The Morgan fingerprint density at radius 3 is 2.80 bits per heavy atom. The maximum Gasteiger partial charge on any atom is 0.416 e. The predicted molar refractivity (Wildman–Crippen MR) is 80.4 cm³/mol. The fourth-order valence-electron chi connectivity index (χ4n) is 2.20. The van der Waals surface area contributed by atoms with Crippen molar-refractivity contribution in [2.45, 2.75) is 38.9 Å². The molecule has 0 N–H and O–H groups in total. The lowest BCUT2D eigenvalue weighted by atomic mass is 10.1. The van der Waals surface area contributed by atoms with Crippen molar-refractivity contribution in [3.8, 4) is 11.4 Å². The van der Waals surface area contributed by atoms with Crippen LogP contribution in [0.15, 0.2) is 28.8 Å². The molecule has 10 heteroatoms. The van der Waals surface area contributed by atoms with E-state index >= 15 is 0 Å². The van der Waals surface area contributed by atoms with Crippen molar-refractivity contribution in [2.24, 2.45) is 0 Å². The van der Waals surface area contributed by atoms with Gasteiger partial charge in [0.1, 0.15) is 6.04 Å². The van der Waals surface area contributed by atoms with Crippen molar-refractivity contribution in [1.29, 1.82) is 0 Å². The highest BCUT2D eigenvalue weighted by atomic mass is 19.4. The third-order valence-corrected chi connectivity index (χ3v) is 3.54. The highest BCUT2D eigenvalue weighted by molar-refractivity contribution is 5.55. The monoisotopic (exact) mass is 352 g/mol. The summed E-state index contributed by atoms with van der Waals surface area (Å²) in [6, 6.07) is 4.29. The van der Waals surface area contributed by atoms with Crippen LogP contribution in [0.3, 0.4) is 0 Å². The van der Waals surface area contributed by atoms with Gasteiger partial charge in [-0.15, -0.1) is 10.2 Å². The van der Waals surface area contributed by atoms with Crippen molar-refractivity contribution in [3.63, 3.8) is 0 Å². The fourth-order valence-corrected chi connectivity index (χ4v) is 2.20. The van der Waals surface area contributed by atoms with Crippen molar-refractivity contribution in [3.05, 3.63) is 41.5 Å². The quantitative estimate of drug-likeness (QED) is 0.701. The van der Waals surface area contributed by atoms with Crippen molar-refractivity contribution in [1.82, 2.24) is 30.3 Å². The van der Waals surface area contributed by atoms with Gasteiger partial charge in [-0.2, -0.15) is 23.0 Å². The van der Waals surface area contributed by atoms with E-state index in [4.69, 9.17) is 4.52 Å². The first-order valence-corrected chi connectivity index (χ1v) is 7.68. The molecule has 3 aromatic rings. The Morgan fingerprint density at radius 1 is 1.28 bits per heavy atom. The maximum atomic E-state index is 12.8. The summed E-state index contributed by atoms with van der Waals surface area (Å²) < 4.78 is 43.6. The molecule has 0 bridgehead atoms. The zero-order valence-corrected chi connectivity index (χ0v) is 13.5. The SMILES string of the molecule is CCCc1noc(C(C)n2nnc(-c3cccc(C(F)(F)F)c3)n2)n1. The molecule has 0 radical (unpaired) electrons. The molecule has 1 unspecified atom stereocenters. The van der Waals surface area contributed by atoms with Crippen LogP contribution in [0.5, 0.6) is 0 Å². The van der Waals surface area contributed by atoms with Crippen LogP contribution in [0.25, 0.3) is 11.4 Å². The van der Waals surface area contributed by atoms with Crippen LogP contribution in [0.2, 0.25) is 0 Å². The first-order chi connectivity index (χ1) is 11.9. The van der Waals surface area contributed by atoms with Gasteiger partial charge in [0, 0.05) is 12.0 Å². The Bertz CT molecular complexity index is 857. The summed E-state index contributed by atoms with van der Waals surface area (Å²) in [6.45, 7) is 3.74. The van der Waals surface area contributed by atoms with E-state index in [1.165, 1.54) is 16.9 Å². The highest BCUT2D eigenvalue weighted by Crippen LogP contribution is 2.31. The molecule has 25 heavy (non-hydrogen) atoms. The molecule has 1 aromatic carbocycles. The summed E-state index contributed by atoms with van der Waals surface area (Å²) in [4.78, 5) is 5.48. The average Bonchev–Trinajstić information content (AvgIpc) is 3.23. The Balaban J connectivity index is 1.84. The number of benzene rings is 1. The van der Waals surface area contributed by atoms with Crippen LogP contribution in [-0.2, 0) is 12.6 Å². The Labute approximate surface area is 140 Å². The molecule has 0 saturated heterocycles. The minimum atomic E-state index is -4.43. The first kappa shape index (κ1) is 17.1. The number of aromatic nitrogens is 6. The van der Waals surface area contributed by atoms with Gasteiger partial charge < -0.3 is 4.52 Å². The van der Waals surface area contributed by atoms with Gasteiger partial charge in [-0.05, 0) is 30.7 Å². The van der Waals surface area contributed by atoms with Gasteiger partial charge in [-0.3, -0.25) is 0 Å². The van der Waals surface area contributed by atoms with Crippen LogP contribution >= 0.6 is 0 Å². The standard InChI is InChI=1S/C15H15F3N6O/c1-3-5-12-19-14(25-22-12)9(2)24-21-13(20-23-24)10-6-4-7-11(8-10)15(16,17)18/h4,6-9H,3,5H2,1-2H3. The second-order valence-corrected chi connectivity index (χ2v) is 5.49. The zero-order valence-electron chi connectivity index (χ0n) is 13.5. The van der Waals surface area contributed by atoms with Gasteiger partial charge in [-0.1, -0.05) is 24.2 Å². The molecule has 3 rings (SSSR count). The minimum Gasteiger partial charge on any atom is -0.337 e. The lowest BCUT2D eigenvalue weighted by molar-refractivity contribution is -0.137. The van der Waals surface area contributed by atoms with Gasteiger partial charge in [0.2, 0.25) is 5.82 Å². The van der Waals surface area contributed by atoms with E-state index < -0.39 is 17.8 Å². The topological polar surface area (TPSA) is 82.5 Å². The molecule has 7 nitrogen and oxygen atoms in total. The van der Waals surface area contributed by atoms with Crippen LogP contribution in [-0.4, -0.2) is 30.3 Å². The van der Waals surface area contributed by atoms with Gasteiger partial charge in [0.05, 0.1) is 5.56 Å². The summed E-state index contributed by atoms with van der Waals surface area (Å²) in [6.07, 6.45) is -2.86. The molecule has 0 saturated carbocycles. The third kappa shape index (κ3) is 3.67. The van der Waals surface area contributed by atoms with Gasteiger partial charge in [0.25, 0.3) is 5.89 Å². The Morgan fingerprint density at radius 2 is 2.08 bits per heavy atom. The minimum absolute atomic E-state index is 0.0891. The van der Waals surface area contributed by atoms with Crippen LogP contribution in [0.4, 0.5) is 13.2 Å². The molecule has 132 valence electrons. The van der Waals surface area contributed by atoms with E-state index in [-0.39, 0.29) is 11.4 Å². The van der Waals surface area contributed by atoms with E-state index in [1.807, 2.05) is 6.92 Å². The van der Waals surface area contributed by atoms with Crippen molar-refractivity contribution < 1.29 is 17.7 Å². The largest absolute Gasteiger partial charge is 0.416 e. The fraction of sp³-hybridized carbons (Fsp3) is 0.400. The van der Waals surface area contributed by atoms with Gasteiger partial charge in [-0.25, -0.2) is 0 Å². The first-order valence-electron chi connectivity index (χ1n) is 7.68. The Kier molecular flexibility index (Phi) is 4.51. The second kappa shape index (κ2) is 6.61. The number of hydrogen-bond acceptors (Lipinski definition) is 6. The van der Waals surface area contributed by atoms with Crippen LogP contribution in [0, 0.1) is 0 Å². The normalized spacial score (nSPS) is 13.2. The lowest BCUT2D eigenvalue weighted by Crippen LogP contribution is -2.11. The number of hydrogen-bond donors (Lipinski definition) is 0. The van der Waals surface area contributed by atoms with E-state index in [1.54, 1.807) is 6.92 Å². The molecular formula is C15H15F3N6O. The molecule has 0 aliphatic heterocycles. The van der Waals surface area contributed by atoms with Crippen molar-refractivity contribution >= 4 is 0 Å². The summed E-state index contributed by atoms with van der Waals surface area (Å²) in [7, 11) is 0. The lowest BCUT2D eigenvalue weighted by Gasteiger charge is -2.06. The van der Waals surface area contributed by atoms with E-state index in [0.29, 0.717) is 18.1 Å². The smallest absolute Gasteiger partial charge is 0.337 e. The predicted octanol–water partition coefficient (Wildman–Crippen LogP) is 3.30. The third-order valence-electron chi connectivity index (χ3n) is 3.54. The number of tetrazole rings is 1. The number of alkyl halides is 3. The maximum absolute atomic E-state index is 12.8. The van der Waals surface area contributed by atoms with Crippen molar-refractivity contribution in [2.75, 3.05) is 0 Å². The number of halogens is 3. The molecule has 0 fully saturated rings. The molecule has 0 aliphatic carbocycles.